The quantitative estimate of drug-likeness (QED) is 0.556. The Morgan fingerprint density at radius 2 is 1.82 bits per heavy atom. The van der Waals surface area contributed by atoms with Crippen molar-refractivity contribution < 1.29 is 9.47 Å². The van der Waals surface area contributed by atoms with Crippen molar-refractivity contribution in [1.82, 2.24) is 0 Å². The number of rotatable bonds is 6. The first-order chi connectivity index (χ1) is 5.20. The molecule has 0 amide bonds. The Labute approximate surface area is 69.9 Å². The van der Waals surface area contributed by atoms with Crippen LogP contribution in [0.25, 0.3) is 0 Å². The molecule has 0 heterocycles. The second kappa shape index (κ2) is 6.62. The fraction of sp³-hybridized carbons (Fsp3) is 1.00. The number of hydrogen-bond donors (Lipinski definition) is 0. The average molecular weight is 160 g/mol. The molecule has 0 bridgehead atoms. The van der Waals surface area contributed by atoms with Crippen LogP contribution in [-0.2, 0) is 9.47 Å². The lowest BCUT2D eigenvalue weighted by atomic mass is 10.4. The minimum absolute atomic E-state index is 0.00468. The molecule has 0 aliphatic heterocycles. The van der Waals surface area contributed by atoms with Gasteiger partial charge in [-0.2, -0.15) is 0 Å². The van der Waals surface area contributed by atoms with E-state index in [9.17, 15) is 0 Å². The average Bonchev–Trinajstić information content (AvgIpc) is 1.97. The third-order valence-electron chi connectivity index (χ3n) is 1.27. The van der Waals surface area contributed by atoms with Crippen molar-refractivity contribution >= 4 is 0 Å². The van der Waals surface area contributed by atoms with E-state index in [1.807, 2.05) is 13.8 Å². The highest BCUT2D eigenvalue weighted by atomic mass is 16.7. The van der Waals surface area contributed by atoms with Crippen LogP contribution in [0.4, 0.5) is 0 Å². The largest absolute Gasteiger partial charge is 0.353 e. The number of ether oxygens (including phenoxy) is 2. The molecule has 0 aromatic carbocycles. The van der Waals surface area contributed by atoms with E-state index in [-0.39, 0.29) is 12.4 Å². The van der Waals surface area contributed by atoms with Gasteiger partial charge < -0.3 is 9.47 Å². The standard InChI is InChI=1S/C9H20O2/c1-5-7-10-9(6-2)11-8(3)4/h8-9H,5-7H2,1-4H3. The second-order valence-electron chi connectivity index (χ2n) is 2.89. The number of hydrogen-bond acceptors (Lipinski definition) is 2. The van der Waals surface area contributed by atoms with E-state index in [1.54, 1.807) is 0 Å². The molecule has 68 valence electrons. The summed E-state index contributed by atoms with van der Waals surface area (Å²) in [6.45, 7) is 9.02. The molecule has 0 saturated carbocycles. The smallest absolute Gasteiger partial charge is 0.157 e. The van der Waals surface area contributed by atoms with E-state index in [0.29, 0.717) is 0 Å². The second-order valence-corrected chi connectivity index (χ2v) is 2.89. The maximum Gasteiger partial charge on any atom is 0.157 e. The summed E-state index contributed by atoms with van der Waals surface area (Å²) >= 11 is 0. The van der Waals surface area contributed by atoms with E-state index < -0.39 is 0 Å². The molecule has 0 saturated heterocycles. The molecule has 0 N–H and O–H groups in total. The minimum atomic E-state index is -0.00468. The van der Waals surface area contributed by atoms with Gasteiger partial charge in [-0.05, 0) is 26.7 Å². The summed E-state index contributed by atoms with van der Waals surface area (Å²) in [4.78, 5) is 0. The van der Waals surface area contributed by atoms with Crippen LogP contribution in [0.15, 0.2) is 0 Å². The summed E-state index contributed by atoms with van der Waals surface area (Å²) in [5.41, 5.74) is 0. The zero-order valence-electron chi connectivity index (χ0n) is 8.09. The van der Waals surface area contributed by atoms with Gasteiger partial charge in [-0.1, -0.05) is 13.8 Å². The van der Waals surface area contributed by atoms with E-state index in [1.165, 1.54) is 0 Å². The summed E-state index contributed by atoms with van der Waals surface area (Å²) < 4.78 is 10.9. The monoisotopic (exact) mass is 160 g/mol. The van der Waals surface area contributed by atoms with E-state index in [4.69, 9.17) is 9.47 Å². The highest BCUT2D eigenvalue weighted by Crippen LogP contribution is 2.04. The van der Waals surface area contributed by atoms with Gasteiger partial charge in [-0.25, -0.2) is 0 Å². The van der Waals surface area contributed by atoms with Crippen LogP contribution in [0.3, 0.4) is 0 Å². The molecule has 2 nitrogen and oxygen atoms in total. The van der Waals surface area contributed by atoms with Crippen LogP contribution in [0.2, 0.25) is 0 Å². The molecule has 11 heavy (non-hydrogen) atoms. The zero-order valence-corrected chi connectivity index (χ0v) is 8.09. The zero-order chi connectivity index (χ0) is 8.69. The first-order valence-corrected chi connectivity index (χ1v) is 4.47. The molecule has 0 aromatic rings. The SMILES string of the molecule is CCCOC(CC)OC(C)C. The van der Waals surface area contributed by atoms with Crippen LogP contribution < -0.4 is 0 Å². The van der Waals surface area contributed by atoms with Crippen molar-refractivity contribution in [2.75, 3.05) is 6.61 Å². The van der Waals surface area contributed by atoms with Gasteiger partial charge in [0.05, 0.1) is 6.10 Å². The summed E-state index contributed by atoms with van der Waals surface area (Å²) in [7, 11) is 0. The van der Waals surface area contributed by atoms with Crippen LogP contribution in [-0.4, -0.2) is 19.0 Å². The van der Waals surface area contributed by atoms with Gasteiger partial charge in [0.15, 0.2) is 6.29 Å². The topological polar surface area (TPSA) is 18.5 Å². The Morgan fingerprint density at radius 3 is 2.18 bits per heavy atom. The van der Waals surface area contributed by atoms with Crippen molar-refractivity contribution in [3.05, 3.63) is 0 Å². The third-order valence-corrected chi connectivity index (χ3v) is 1.27. The fourth-order valence-corrected chi connectivity index (χ4v) is 0.806. The van der Waals surface area contributed by atoms with Gasteiger partial charge in [-0.3, -0.25) is 0 Å². The maximum atomic E-state index is 5.48. The molecular formula is C9H20O2. The normalized spacial score (nSPS) is 13.9. The molecule has 1 atom stereocenters. The third kappa shape index (κ3) is 6.32. The highest BCUT2D eigenvalue weighted by molar-refractivity contribution is 4.43. The predicted octanol–water partition coefficient (Wildman–Crippen LogP) is 2.57. The predicted molar refractivity (Wildman–Crippen MR) is 46.5 cm³/mol. The fourth-order valence-electron chi connectivity index (χ4n) is 0.806. The lowest BCUT2D eigenvalue weighted by Crippen LogP contribution is -2.20. The van der Waals surface area contributed by atoms with Crippen molar-refractivity contribution in [1.29, 1.82) is 0 Å². The Kier molecular flexibility index (Phi) is 6.57. The molecule has 0 aliphatic carbocycles. The molecule has 2 heteroatoms. The highest BCUT2D eigenvalue weighted by Gasteiger charge is 2.07. The van der Waals surface area contributed by atoms with Crippen LogP contribution in [0.5, 0.6) is 0 Å². The Hall–Kier alpha value is -0.0800. The summed E-state index contributed by atoms with van der Waals surface area (Å²) in [6, 6.07) is 0. The first kappa shape index (κ1) is 10.9. The van der Waals surface area contributed by atoms with Crippen LogP contribution >= 0.6 is 0 Å². The van der Waals surface area contributed by atoms with E-state index >= 15 is 0 Å². The molecule has 1 unspecified atom stereocenters. The van der Waals surface area contributed by atoms with Gasteiger partial charge in [0.25, 0.3) is 0 Å². The van der Waals surface area contributed by atoms with Gasteiger partial charge in [0.2, 0.25) is 0 Å². The van der Waals surface area contributed by atoms with Crippen molar-refractivity contribution in [3.8, 4) is 0 Å². The first-order valence-electron chi connectivity index (χ1n) is 4.47. The Morgan fingerprint density at radius 1 is 1.18 bits per heavy atom. The Bertz CT molecular complexity index is 81.6. The lowest BCUT2D eigenvalue weighted by molar-refractivity contribution is -0.163. The molecule has 0 rings (SSSR count). The summed E-state index contributed by atoms with van der Waals surface area (Å²) in [5.74, 6) is 0. The van der Waals surface area contributed by atoms with Gasteiger partial charge in [0, 0.05) is 6.61 Å². The minimum Gasteiger partial charge on any atom is -0.353 e. The van der Waals surface area contributed by atoms with Gasteiger partial charge >= 0.3 is 0 Å². The van der Waals surface area contributed by atoms with Crippen molar-refractivity contribution in [2.45, 2.75) is 52.9 Å². The van der Waals surface area contributed by atoms with Gasteiger partial charge in [0.1, 0.15) is 0 Å². The van der Waals surface area contributed by atoms with E-state index in [0.717, 1.165) is 19.4 Å². The maximum absolute atomic E-state index is 5.48. The van der Waals surface area contributed by atoms with Gasteiger partial charge in [-0.15, -0.1) is 0 Å². The van der Waals surface area contributed by atoms with E-state index in [2.05, 4.69) is 13.8 Å². The summed E-state index contributed by atoms with van der Waals surface area (Å²) in [6.07, 6.45) is 2.24. The van der Waals surface area contributed by atoms with Crippen LogP contribution in [0, 0.1) is 0 Å². The summed E-state index contributed by atoms with van der Waals surface area (Å²) in [5, 5.41) is 0. The van der Waals surface area contributed by atoms with Crippen molar-refractivity contribution in [2.24, 2.45) is 0 Å². The molecule has 0 aromatic heterocycles. The molecule has 0 spiro atoms. The molecular weight excluding hydrogens is 140 g/mol. The van der Waals surface area contributed by atoms with Crippen molar-refractivity contribution in [3.63, 3.8) is 0 Å². The van der Waals surface area contributed by atoms with Crippen LogP contribution in [0.1, 0.15) is 40.5 Å². The lowest BCUT2D eigenvalue weighted by Gasteiger charge is -2.18. The molecule has 0 fully saturated rings. The Balaban J connectivity index is 3.41. The molecule has 0 radical (unpaired) electrons. The molecule has 0 aliphatic rings.